The minimum Gasteiger partial charge on any atom is -0.483 e. The summed E-state index contributed by atoms with van der Waals surface area (Å²) in [5.74, 6) is -1.66. The van der Waals surface area contributed by atoms with Crippen LogP contribution in [0.15, 0.2) is 77.9 Å². The SMILES string of the molecule is Cc1cccc(NC(=O)COc2ccccc2/C=N\NC(=O)C(=O)Nc2cccc(C)c2)c1. The lowest BCUT2D eigenvalue weighted by molar-refractivity contribution is -0.136. The van der Waals surface area contributed by atoms with Crippen LogP contribution in [0.4, 0.5) is 11.4 Å². The highest BCUT2D eigenvalue weighted by Crippen LogP contribution is 2.16. The van der Waals surface area contributed by atoms with Crippen molar-refractivity contribution in [3.05, 3.63) is 89.5 Å². The lowest BCUT2D eigenvalue weighted by Crippen LogP contribution is -2.32. The van der Waals surface area contributed by atoms with Gasteiger partial charge in [0.1, 0.15) is 5.75 Å². The van der Waals surface area contributed by atoms with Crippen LogP contribution < -0.4 is 20.8 Å². The van der Waals surface area contributed by atoms with Crippen molar-refractivity contribution in [3.63, 3.8) is 0 Å². The number of benzene rings is 3. The zero-order valence-electron chi connectivity index (χ0n) is 18.3. The van der Waals surface area contributed by atoms with E-state index in [0.717, 1.165) is 11.1 Å². The van der Waals surface area contributed by atoms with Crippen molar-refractivity contribution in [2.45, 2.75) is 13.8 Å². The molecular formula is C25H24N4O4. The van der Waals surface area contributed by atoms with E-state index in [9.17, 15) is 14.4 Å². The normalized spacial score (nSPS) is 10.5. The molecule has 0 bridgehead atoms. The van der Waals surface area contributed by atoms with Gasteiger partial charge in [-0.2, -0.15) is 5.10 Å². The van der Waals surface area contributed by atoms with Gasteiger partial charge in [0.25, 0.3) is 5.91 Å². The minimum absolute atomic E-state index is 0.204. The molecule has 0 atom stereocenters. The van der Waals surface area contributed by atoms with E-state index in [2.05, 4.69) is 21.2 Å². The van der Waals surface area contributed by atoms with Crippen LogP contribution in [0, 0.1) is 13.8 Å². The molecule has 0 saturated carbocycles. The second kappa shape index (κ2) is 11.2. The molecular weight excluding hydrogens is 420 g/mol. The summed E-state index contributed by atoms with van der Waals surface area (Å²) in [6, 6.07) is 21.4. The van der Waals surface area contributed by atoms with Crippen LogP contribution in [0.5, 0.6) is 5.75 Å². The Bertz CT molecular complexity index is 1190. The van der Waals surface area contributed by atoms with Crippen LogP contribution in [0.1, 0.15) is 16.7 Å². The van der Waals surface area contributed by atoms with Gasteiger partial charge in [-0.25, -0.2) is 5.43 Å². The number of aryl methyl sites for hydroxylation is 2. The van der Waals surface area contributed by atoms with Gasteiger partial charge in [-0.1, -0.05) is 36.4 Å². The molecule has 8 heteroatoms. The first-order valence-corrected chi connectivity index (χ1v) is 10.2. The summed E-state index contributed by atoms with van der Waals surface area (Å²) in [5.41, 5.74) is 5.89. The Morgan fingerprint density at radius 2 is 1.45 bits per heavy atom. The maximum atomic E-state index is 12.2. The number of hydrogen-bond acceptors (Lipinski definition) is 5. The quantitative estimate of drug-likeness (QED) is 0.295. The zero-order valence-corrected chi connectivity index (χ0v) is 18.3. The first-order valence-electron chi connectivity index (χ1n) is 10.2. The van der Waals surface area contributed by atoms with Gasteiger partial charge in [0, 0.05) is 16.9 Å². The minimum atomic E-state index is -0.913. The fraction of sp³-hybridized carbons (Fsp3) is 0.120. The van der Waals surface area contributed by atoms with E-state index >= 15 is 0 Å². The van der Waals surface area contributed by atoms with Gasteiger partial charge in [-0.3, -0.25) is 14.4 Å². The third kappa shape index (κ3) is 7.32. The lowest BCUT2D eigenvalue weighted by atomic mass is 10.2. The van der Waals surface area contributed by atoms with Gasteiger partial charge < -0.3 is 15.4 Å². The maximum Gasteiger partial charge on any atom is 0.329 e. The zero-order chi connectivity index (χ0) is 23.6. The monoisotopic (exact) mass is 444 g/mol. The van der Waals surface area contributed by atoms with Crippen LogP contribution in [-0.4, -0.2) is 30.5 Å². The van der Waals surface area contributed by atoms with Crippen LogP contribution in [-0.2, 0) is 14.4 Å². The highest BCUT2D eigenvalue weighted by atomic mass is 16.5. The van der Waals surface area contributed by atoms with Crippen molar-refractivity contribution >= 4 is 35.3 Å². The summed E-state index contributed by atoms with van der Waals surface area (Å²) < 4.78 is 5.60. The second-order valence-electron chi connectivity index (χ2n) is 7.27. The third-order valence-corrected chi connectivity index (χ3v) is 4.43. The molecule has 33 heavy (non-hydrogen) atoms. The molecule has 0 aromatic heterocycles. The fourth-order valence-electron chi connectivity index (χ4n) is 2.90. The van der Waals surface area contributed by atoms with E-state index in [0.29, 0.717) is 22.7 Å². The standard InChI is InChI=1S/C25H24N4O4/c1-17-7-5-10-20(13-17)27-23(30)16-33-22-12-4-3-9-19(22)15-26-29-25(32)24(31)28-21-11-6-8-18(2)14-21/h3-15H,16H2,1-2H3,(H,27,30)(H,28,31)(H,29,32)/b26-15-. The number of nitrogens with zero attached hydrogens (tertiary/aromatic N) is 1. The number of carbonyl (C=O) groups excluding carboxylic acids is 3. The van der Waals surface area contributed by atoms with Crippen LogP contribution in [0.25, 0.3) is 0 Å². The molecule has 0 heterocycles. The van der Waals surface area contributed by atoms with Crippen molar-refractivity contribution in [2.75, 3.05) is 17.2 Å². The average molecular weight is 444 g/mol. The molecule has 0 aliphatic heterocycles. The van der Waals surface area contributed by atoms with Crippen molar-refractivity contribution in [3.8, 4) is 5.75 Å². The van der Waals surface area contributed by atoms with Gasteiger partial charge in [-0.15, -0.1) is 0 Å². The maximum absolute atomic E-state index is 12.2. The molecule has 3 aromatic rings. The summed E-state index contributed by atoms with van der Waals surface area (Å²) in [5, 5.41) is 9.09. The van der Waals surface area contributed by atoms with Crippen LogP contribution in [0.3, 0.4) is 0 Å². The van der Waals surface area contributed by atoms with Gasteiger partial charge in [0.2, 0.25) is 0 Å². The van der Waals surface area contributed by atoms with Crippen LogP contribution >= 0.6 is 0 Å². The predicted octanol–water partition coefficient (Wildman–Crippen LogP) is 3.41. The number of nitrogens with one attached hydrogen (secondary N) is 3. The Morgan fingerprint density at radius 1 is 0.818 bits per heavy atom. The average Bonchev–Trinajstić information content (AvgIpc) is 2.78. The van der Waals surface area contributed by atoms with Crippen molar-refractivity contribution < 1.29 is 19.1 Å². The summed E-state index contributed by atoms with van der Waals surface area (Å²) in [7, 11) is 0. The number of amides is 3. The number of hydrogen-bond donors (Lipinski definition) is 3. The summed E-state index contributed by atoms with van der Waals surface area (Å²) in [4.78, 5) is 36.2. The second-order valence-corrected chi connectivity index (χ2v) is 7.27. The van der Waals surface area contributed by atoms with Crippen molar-refractivity contribution in [1.29, 1.82) is 0 Å². The number of hydrazone groups is 1. The smallest absolute Gasteiger partial charge is 0.329 e. The Kier molecular flexibility index (Phi) is 7.91. The van der Waals surface area contributed by atoms with E-state index in [-0.39, 0.29) is 12.5 Å². The van der Waals surface area contributed by atoms with Gasteiger partial charge in [0.15, 0.2) is 6.61 Å². The number of anilines is 2. The Labute approximate surface area is 191 Å². The molecule has 3 rings (SSSR count). The largest absolute Gasteiger partial charge is 0.483 e. The van der Waals surface area contributed by atoms with E-state index in [1.54, 1.807) is 48.5 Å². The topological polar surface area (TPSA) is 109 Å². The highest BCUT2D eigenvalue weighted by molar-refractivity contribution is 6.39. The molecule has 0 radical (unpaired) electrons. The summed E-state index contributed by atoms with van der Waals surface area (Å²) in [6.45, 7) is 3.61. The number of ether oxygens (including phenoxy) is 1. The van der Waals surface area contributed by atoms with Crippen LogP contribution in [0.2, 0.25) is 0 Å². The Morgan fingerprint density at radius 3 is 2.12 bits per heavy atom. The number of rotatable bonds is 7. The highest BCUT2D eigenvalue weighted by Gasteiger charge is 2.13. The molecule has 0 aliphatic rings. The molecule has 3 aromatic carbocycles. The molecule has 168 valence electrons. The van der Waals surface area contributed by atoms with E-state index < -0.39 is 11.8 Å². The van der Waals surface area contributed by atoms with E-state index in [4.69, 9.17) is 4.74 Å². The lowest BCUT2D eigenvalue weighted by Gasteiger charge is -2.10. The number of para-hydroxylation sites is 1. The molecule has 0 fully saturated rings. The first kappa shape index (κ1) is 23.2. The molecule has 3 amide bonds. The number of carbonyl (C=O) groups is 3. The molecule has 3 N–H and O–H groups in total. The van der Waals surface area contributed by atoms with E-state index in [1.165, 1.54) is 6.21 Å². The van der Waals surface area contributed by atoms with Crippen molar-refractivity contribution in [2.24, 2.45) is 5.10 Å². The molecule has 0 spiro atoms. The fourth-order valence-corrected chi connectivity index (χ4v) is 2.90. The third-order valence-electron chi connectivity index (χ3n) is 4.43. The predicted molar refractivity (Wildman–Crippen MR) is 127 cm³/mol. The van der Waals surface area contributed by atoms with Gasteiger partial charge in [-0.05, 0) is 61.4 Å². The molecule has 8 nitrogen and oxygen atoms in total. The Balaban J connectivity index is 1.53. The van der Waals surface area contributed by atoms with Crippen molar-refractivity contribution in [1.82, 2.24) is 5.43 Å². The van der Waals surface area contributed by atoms with Gasteiger partial charge in [0.05, 0.1) is 6.21 Å². The molecule has 0 saturated heterocycles. The Hall–Kier alpha value is -4.46. The van der Waals surface area contributed by atoms with E-state index in [1.807, 2.05) is 38.1 Å². The molecule has 0 unspecified atom stereocenters. The molecule has 0 aliphatic carbocycles. The van der Waals surface area contributed by atoms with Gasteiger partial charge >= 0.3 is 11.8 Å². The summed E-state index contributed by atoms with van der Waals surface area (Å²) >= 11 is 0. The first-order chi connectivity index (χ1) is 15.9. The summed E-state index contributed by atoms with van der Waals surface area (Å²) in [6.07, 6.45) is 1.34.